The van der Waals surface area contributed by atoms with Gasteiger partial charge >= 0.3 is 0 Å². The number of para-hydroxylation sites is 1. The fourth-order valence-corrected chi connectivity index (χ4v) is 2.40. The van der Waals surface area contributed by atoms with Crippen LogP contribution in [0.3, 0.4) is 0 Å². The molecule has 0 aromatic heterocycles. The van der Waals surface area contributed by atoms with Gasteiger partial charge in [-0.3, -0.25) is 4.79 Å². The summed E-state index contributed by atoms with van der Waals surface area (Å²) in [6.45, 7) is 1.70. The first-order chi connectivity index (χ1) is 11.1. The van der Waals surface area contributed by atoms with E-state index in [2.05, 4.69) is 29.4 Å². The van der Waals surface area contributed by atoms with Crippen molar-refractivity contribution in [2.45, 2.75) is 19.3 Å². The molecule has 0 bridgehead atoms. The van der Waals surface area contributed by atoms with E-state index in [-0.39, 0.29) is 5.91 Å². The minimum Gasteiger partial charge on any atom is -0.399 e. The minimum absolute atomic E-state index is 0.0613. The van der Waals surface area contributed by atoms with Crippen LogP contribution in [0.25, 0.3) is 0 Å². The Labute approximate surface area is 138 Å². The van der Waals surface area contributed by atoms with Crippen molar-refractivity contribution >= 4 is 17.3 Å². The Morgan fingerprint density at radius 2 is 1.74 bits per heavy atom. The van der Waals surface area contributed by atoms with Crippen LogP contribution < -0.4 is 16.0 Å². The number of anilines is 2. The predicted molar refractivity (Wildman–Crippen MR) is 96.5 cm³/mol. The largest absolute Gasteiger partial charge is 0.399 e. The number of benzene rings is 2. The van der Waals surface area contributed by atoms with E-state index in [1.165, 1.54) is 5.69 Å². The molecule has 2 aromatic carbocycles. The van der Waals surface area contributed by atoms with E-state index < -0.39 is 0 Å². The quantitative estimate of drug-likeness (QED) is 0.582. The van der Waals surface area contributed by atoms with Crippen LogP contribution >= 0.6 is 0 Å². The van der Waals surface area contributed by atoms with E-state index in [0.29, 0.717) is 6.42 Å². The topological polar surface area (TPSA) is 58.4 Å². The molecule has 0 saturated carbocycles. The fourth-order valence-electron chi connectivity index (χ4n) is 2.40. The molecular formula is C19H25N3O. The van der Waals surface area contributed by atoms with E-state index in [0.717, 1.165) is 37.2 Å². The predicted octanol–water partition coefficient (Wildman–Crippen LogP) is 2.84. The molecule has 4 heteroatoms. The average molecular weight is 311 g/mol. The molecule has 0 unspecified atom stereocenters. The Morgan fingerprint density at radius 3 is 2.43 bits per heavy atom. The maximum Gasteiger partial charge on any atom is 0.224 e. The number of carbonyl (C=O) groups is 1. The van der Waals surface area contributed by atoms with Gasteiger partial charge in [-0.05, 0) is 42.7 Å². The van der Waals surface area contributed by atoms with Crippen molar-refractivity contribution in [3.63, 3.8) is 0 Å². The number of hydrogen-bond acceptors (Lipinski definition) is 3. The number of hydrogen-bond donors (Lipinski definition) is 2. The maximum atomic E-state index is 11.9. The van der Waals surface area contributed by atoms with Crippen molar-refractivity contribution in [1.82, 2.24) is 5.32 Å². The van der Waals surface area contributed by atoms with Gasteiger partial charge < -0.3 is 16.0 Å². The first kappa shape index (κ1) is 16.9. The Hall–Kier alpha value is -2.49. The molecule has 0 heterocycles. The average Bonchev–Trinajstić information content (AvgIpc) is 2.57. The van der Waals surface area contributed by atoms with Crippen LogP contribution in [0, 0.1) is 0 Å². The Morgan fingerprint density at radius 1 is 1.04 bits per heavy atom. The molecule has 2 rings (SSSR count). The maximum absolute atomic E-state index is 11.9. The number of nitrogens with zero attached hydrogens (tertiary/aromatic N) is 1. The van der Waals surface area contributed by atoms with Crippen molar-refractivity contribution in [2.75, 3.05) is 30.8 Å². The highest BCUT2D eigenvalue weighted by Gasteiger charge is 2.03. The molecule has 0 fully saturated rings. The molecule has 0 aliphatic rings. The highest BCUT2D eigenvalue weighted by molar-refractivity contribution is 5.78. The summed E-state index contributed by atoms with van der Waals surface area (Å²) >= 11 is 0. The number of rotatable bonds is 8. The van der Waals surface area contributed by atoms with Crippen molar-refractivity contribution in [3.8, 4) is 0 Å². The molecule has 4 nitrogen and oxygen atoms in total. The Kier molecular flexibility index (Phi) is 6.48. The molecule has 23 heavy (non-hydrogen) atoms. The van der Waals surface area contributed by atoms with Crippen LogP contribution in [0.1, 0.15) is 18.4 Å². The molecule has 3 N–H and O–H groups in total. The third-order valence-electron chi connectivity index (χ3n) is 3.78. The minimum atomic E-state index is 0.0613. The van der Waals surface area contributed by atoms with Gasteiger partial charge in [-0.1, -0.05) is 30.3 Å². The summed E-state index contributed by atoms with van der Waals surface area (Å²) in [5, 5.41) is 2.97. The number of nitrogens with one attached hydrogen (secondary N) is 1. The van der Waals surface area contributed by atoms with Crippen LogP contribution in [-0.2, 0) is 11.2 Å². The van der Waals surface area contributed by atoms with Crippen molar-refractivity contribution < 1.29 is 4.79 Å². The molecule has 0 atom stereocenters. The second-order valence-corrected chi connectivity index (χ2v) is 5.73. The van der Waals surface area contributed by atoms with Crippen LogP contribution in [0.2, 0.25) is 0 Å². The van der Waals surface area contributed by atoms with Crippen LogP contribution in [0.4, 0.5) is 11.4 Å². The summed E-state index contributed by atoms with van der Waals surface area (Å²) in [5.41, 5.74) is 8.56. The van der Waals surface area contributed by atoms with E-state index in [1.54, 1.807) is 0 Å². The van der Waals surface area contributed by atoms with Crippen LogP contribution in [0.5, 0.6) is 0 Å². The molecular weight excluding hydrogens is 286 g/mol. The van der Waals surface area contributed by atoms with Gasteiger partial charge in [-0.15, -0.1) is 0 Å². The number of amides is 1. The second-order valence-electron chi connectivity index (χ2n) is 5.73. The zero-order chi connectivity index (χ0) is 16.5. The lowest BCUT2D eigenvalue weighted by Gasteiger charge is -2.19. The van der Waals surface area contributed by atoms with Gasteiger partial charge in [-0.2, -0.15) is 0 Å². The molecule has 2 aromatic rings. The summed E-state index contributed by atoms with van der Waals surface area (Å²) in [6.07, 6.45) is 2.43. The number of unbranched alkanes of at least 4 members (excludes halogenated alkanes) is 1. The van der Waals surface area contributed by atoms with E-state index in [4.69, 9.17) is 5.73 Å². The first-order valence-electron chi connectivity index (χ1n) is 8.02. The van der Waals surface area contributed by atoms with E-state index in [9.17, 15) is 4.79 Å². The lowest BCUT2D eigenvalue weighted by Crippen LogP contribution is -2.27. The molecule has 0 radical (unpaired) electrons. The Balaban J connectivity index is 1.60. The fraction of sp³-hybridized carbons (Fsp3) is 0.316. The monoisotopic (exact) mass is 311 g/mol. The van der Waals surface area contributed by atoms with E-state index >= 15 is 0 Å². The molecule has 0 spiro atoms. The lowest BCUT2D eigenvalue weighted by molar-refractivity contribution is -0.120. The first-order valence-corrected chi connectivity index (χ1v) is 8.02. The second kappa shape index (κ2) is 8.83. The summed E-state index contributed by atoms with van der Waals surface area (Å²) < 4.78 is 0. The van der Waals surface area contributed by atoms with Gasteiger partial charge in [0.2, 0.25) is 5.91 Å². The molecule has 1 amide bonds. The molecule has 0 aliphatic heterocycles. The van der Waals surface area contributed by atoms with Crippen LogP contribution in [0.15, 0.2) is 54.6 Å². The summed E-state index contributed by atoms with van der Waals surface area (Å²) in [6, 6.07) is 17.8. The van der Waals surface area contributed by atoms with Gasteiger partial charge in [0.25, 0.3) is 0 Å². The van der Waals surface area contributed by atoms with Crippen molar-refractivity contribution in [3.05, 3.63) is 60.2 Å². The van der Waals surface area contributed by atoms with Gasteiger partial charge in [0.05, 0.1) is 6.42 Å². The lowest BCUT2D eigenvalue weighted by atomic mass is 10.1. The third kappa shape index (κ3) is 6.02. The van der Waals surface area contributed by atoms with Crippen molar-refractivity contribution in [2.24, 2.45) is 0 Å². The van der Waals surface area contributed by atoms with Crippen LogP contribution in [-0.4, -0.2) is 26.0 Å². The smallest absolute Gasteiger partial charge is 0.224 e. The zero-order valence-corrected chi connectivity index (χ0v) is 13.7. The summed E-state index contributed by atoms with van der Waals surface area (Å²) in [7, 11) is 2.09. The standard InChI is InChI=1S/C19H25N3O/c1-22(18-7-3-2-4-8-18)14-6-5-13-21-19(23)15-16-9-11-17(20)12-10-16/h2-4,7-12H,5-6,13-15,20H2,1H3,(H,21,23). The van der Waals surface area contributed by atoms with Crippen molar-refractivity contribution in [1.29, 1.82) is 0 Å². The van der Waals surface area contributed by atoms with Gasteiger partial charge in [0.1, 0.15) is 0 Å². The van der Waals surface area contributed by atoms with Gasteiger partial charge in [0.15, 0.2) is 0 Å². The number of nitrogen functional groups attached to an aromatic ring is 1. The molecule has 0 saturated heterocycles. The number of carbonyl (C=O) groups excluding carboxylic acids is 1. The Bertz CT molecular complexity index is 596. The van der Waals surface area contributed by atoms with E-state index in [1.807, 2.05) is 42.5 Å². The highest BCUT2D eigenvalue weighted by Crippen LogP contribution is 2.11. The normalized spacial score (nSPS) is 10.3. The third-order valence-corrected chi connectivity index (χ3v) is 3.78. The number of nitrogens with two attached hydrogens (primary N) is 1. The highest BCUT2D eigenvalue weighted by atomic mass is 16.1. The summed E-state index contributed by atoms with van der Waals surface area (Å²) in [4.78, 5) is 14.1. The SMILES string of the molecule is CN(CCCCNC(=O)Cc1ccc(N)cc1)c1ccccc1. The summed E-state index contributed by atoms with van der Waals surface area (Å²) in [5.74, 6) is 0.0613. The molecule has 0 aliphatic carbocycles. The van der Waals surface area contributed by atoms with Gasteiger partial charge in [0, 0.05) is 31.5 Å². The zero-order valence-electron chi connectivity index (χ0n) is 13.7. The molecule has 122 valence electrons. The van der Waals surface area contributed by atoms with Gasteiger partial charge in [-0.25, -0.2) is 0 Å².